The number of hydrogen-bond acceptors (Lipinski definition) is 5. The lowest BCUT2D eigenvalue weighted by Crippen LogP contribution is -2.48. The van der Waals surface area contributed by atoms with E-state index in [1.165, 1.54) is 0 Å². The number of amides is 1. The summed E-state index contributed by atoms with van der Waals surface area (Å²) in [6, 6.07) is 13.6. The van der Waals surface area contributed by atoms with E-state index in [4.69, 9.17) is 9.47 Å². The maximum absolute atomic E-state index is 12.9. The summed E-state index contributed by atoms with van der Waals surface area (Å²) in [6.45, 7) is 3.13. The number of carbonyl (C=O) groups excluding carboxylic acids is 1. The molecule has 0 bridgehead atoms. The molecular weight excluding hydrogens is 422 g/mol. The summed E-state index contributed by atoms with van der Waals surface area (Å²) >= 11 is 3.50. The van der Waals surface area contributed by atoms with E-state index < -0.39 is 0 Å². The number of anilines is 1. The summed E-state index contributed by atoms with van der Waals surface area (Å²) in [5, 5.41) is 1.13. The van der Waals surface area contributed by atoms with E-state index in [-0.39, 0.29) is 12.7 Å². The molecule has 5 rings (SSSR count). The molecule has 7 heteroatoms. The number of rotatable bonds is 2. The number of nitrogens with zero attached hydrogens (tertiary/aromatic N) is 3. The van der Waals surface area contributed by atoms with Crippen LogP contribution < -0.4 is 14.4 Å². The van der Waals surface area contributed by atoms with Crippen molar-refractivity contribution in [2.24, 2.45) is 0 Å². The quantitative estimate of drug-likeness (QED) is 0.609. The normalized spacial score (nSPS) is 15.9. The molecule has 0 saturated carbocycles. The SMILES string of the molecule is O=C(c1ccc2c(c1)OCO2)N1CCN(c2ccnc3cc(Br)ccc23)CC1. The second kappa shape index (κ2) is 6.98. The van der Waals surface area contributed by atoms with Gasteiger partial charge in [0.25, 0.3) is 5.91 Å². The zero-order valence-electron chi connectivity index (χ0n) is 15.1. The van der Waals surface area contributed by atoms with Gasteiger partial charge in [0, 0.05) is 53.5 Å². The van der Waals surface area contributed by atoms with Gasteiger partial charge in [0.1, 0.15) is 0 Å². The van der Waals surface area contributed by atoms with Gasteiger partial charge in [-0.1, -0.05) is 15.9 Å². The molecule has 2 aliphatic rings. The van der Waals surface area contributed by atoms with Gasteiger partial charge < -0.3 is 19.3 Å². The highest BCUT2D eigenvalue weighted by Crippen LogP contribution is 2.33. The van der Waals surface area contributed by atoms with Crippen LogP contribution in [0.1, 0.15) is 10.4 Å². The maximum atomic E-state index is 12.9. The summed E-state index contributed by atoms with van der Waals surface area (Å²) < 4.78 is 11.7. The van der Waals surface area contributed by atoms with E-state index in [1.807, 2.05) is 29.3 Å². The topological polar surface area (TPSA) is 54.9 Å². The zero-order valence-corrected chi connectivity index (χ0v) is 16.7. The van der Waals surface area contributed by atoms with Gasteiger partial charge in [-0.3, -0.25) is 9.78 Å². The molecule has 0 radical (unpaired) electrons. The molecule has 28 heavy (non-hydrogen) atoms. The highest BCUT2D eigenvalue weighted by molar-refractivity contribution is 9.10. The minimum absolute atomic E-state index is 0.0291. The highest BCUT2D eigenvalue weighted by atomic mass is 79.9. The lowest BCUT2D eigenvalue weighted by atomic mass is 10.1. The molecule has 6 nitrogen and oxygen atoms in total. The fraction of sp³-hybridized carbons (Fsp3) is 0.238. The first kappa shape index (κ1) is 17.3. The Labute approximate surface area is 170 Å². The predicted molar refractivity (Wildman–Crippen MR) is 110 cm³/mol. The van der Waals surface area contributed by atoms with E-state index in [0.717, 1.165) is 34.2 Å². The summed E-state index contributed by atoms with van der Waals surface area (Å²) in [4.78, 5) is 21.6. The first-order valence-corrected chi connectivity index (χ1v) is 9.96. The molecule has 1 aromatic heterocycles. The zero-order chi connectivity index (χ0) is 19.1. The summed E-state index contributed by atoms with van der Waals surface area (Å²) in [5.74, 6) is 1.36. The van der Waals surface area contributed by atoms with Gasteiger partial charge in [-0.05, 0) is 42.5 Å². The molecule has 1 amide bonds. The van der Waals surface area contributed by atoms with Crippen LogP contribution >= 0.6 is 15.9 Å². The molecule has 0 spiro atoms. The molecular formula is C21H18BrN3O3. The standard InChI is InChI=1S/C21H18BrN3O3/c22-15-2-3-16-17(12-15)23-6-5-18(16)24-7-9-25(10-8-24)21(26)14-1-4-19-20(11-14)28-13-27-19/h1-6,11-12H,7-10,13H2. The summed E-state index contributed by atoms with van der Waals surface area (Å²) in [6.07, 6.45) is 1.84. The number of piperazine rings is 1. The van der Waals surface area contributed by atoms with Crippen molar-refractivity contribution in [3.63, 3.8) is 0 Å². The number of halogens is 1. The molecule has 1 fully saturated rings. The van der Waals surface area contributed by atoms with Crippen LogP contribution in [-0.2, 0) is 0 Å². The molecule has 3 heterocycles. The molecule has 0 aliphatic carbocycles. The largest absolute Gasteiger partial charge is 0.454 e. The van der Waals surface area contributed by atoms with E-state index in [0.29, 0.717) is 30.2 Å². The monoisotopic (exact) mass is 439 g/mol. The lowest BCUT2D eigenvalue weighted by molar-refractivity contribution is 0.0746. The van der Waals surface area contributed by atoms with E-state index >= 15 is 0 Å². The second-order valence-electron chi connectivity index (χ2n) is 6.84. The van der Waals surface area contributed by atoms with Crippen molar-refractivity contribution < 1.29 is 14.3 Å². The van der Waals surface area contributed by atoms with Crippen molar-refractivity contribution in [3.8, 4) is 11.5 Å². The van der Waals surface area contributed by atoms with Crippen LogP contribution in [0.2, 0.25) is 0 Å². The predicted octanol–water partition coefficient (Wildman–Crippen LogP) is 3.69. The van der Waals surface area contributed by atoms with E-state index in [1.54, 1.807) is 18.2 Å². The van der Waals surface area contributed by atoms with E-state index in [2.05, 4.69) is 31.9 Å². The third-order valence-electron chi connectivity index (χ3n) is 5.21. The van der Waals surface area contributed by atoms with Crippen LogP contribution in [0.15, 0.2) is 53.1 Å². The Morgan fingerprint density at radius 2 is 1.79 bits per heavy atom. The Balaban J connectivity index is 1.32. The average molecular weight is 440 g/mol. The van der Waals surface area contributed by atoms with Crippen LogP contribution in [0.25, 0.3) is 10.9 Å². The number of fused-ring (bicyclic) bond motifs is 2. The average Bonchev–Trinajstić information content (AvgIpc) is 3.20. The fourth-order valence-electron chi connectivity index (χ4n) is 3.74. The van der Waals surface area contributed by atoms with Crippen LogP contribution in [0.4, 0.5) is 5.69 Å². The van der Waals surface area contributed by atoms with Gasteiger partial charge in [-0.2, -0.15) is 0 Å². The Bertz CT molecular complexity index is 1060. The molecule has 1 saturated heterocycles. The van der Waals surface area contributed by atoms with Gasteiger partial charge in [0.05, 0.1) is 5.52 Å². The number of aromatic nitrogens is 1. The first-order valence-electron chi connectivity index (χ1n) is 9.17. The van der Waals surface area contributed by atoms with Gasteiger partial charge in [-0.25, -0.2) is 0 Å². The summed E-state index contributed by atoms with van der Waals surface area (Å²) in [7, 11) is 0. The summed E-state index contributed by atoms with van der Waals surface area (Å²) in [5.41, 5.74) is 2.76. The molecule has 0 N–H and O–H groups in total. The van der Waals surface area contributed by atoms with Crippen molar-refractivity contribution >= 4 is 38.4 Å². The van der Waals surface area contributed by atoms with Gasteiger partial charge in [0.15, 0.2) is 11.5 Å². The maximum Gasteiger partial charge on any atom is 0.254 e. The fourth-order valence-corrected chi connectivity index (χ4v) is 4.09. The van der Waals surface area contributed by atoms with Crippen LogP contribution in [0.3, 0.4) is 0 Å². The molecule has 2 aromatic carbocycles. The smallest absolute Gasteiger partial charge is 0.254 e. The number of carbonyl (C=O) groups is 1. The van der Waals surface area contributed by atoms with Crippen molar-refractivity contribution in [3.05, 3.63) is 58.7 Å². The van der Waals surface area contributed by atoms with Crippen molar-refractivity contribution in [1.29, 1.82) is 0 Å². The first-order chi connectivity index (χ1) is 13.7. The number of pyridine rings is 1. The van der Waals surface area contributed by atoms with Gasteiger partial charge in [0.2, 0.25) is 6.79 Å². The van der Waals surface area contributed by atoms with Crippen LogP contribution in [0.5, 0.6) is 11.5 Å². The third kappa shape index (κ3) is 3.05. The van der Waals surface area contributed by atoms with Crippen molar-refractivity contribution in [2.45, 2.75) is 0 Å². The van der Waals surface area contributed by atoms with Crippen molar-refractivity contribution in [2.75, 3.05) is 37.9 Å². The Hall–Kier alpha value is -2.80. The number of benzene rings is 2. The number of ether oxygens (including phenoxy) is 2. The Morgan fingerprint density at radius 1 is 0.964 bits per heavy atom. The molecule has 0 atom stereocenters. The van der Waals surface area contributed by atoms with Crippen LogP contribution in [-0.4, -0.2) is 48.8 Å². The Kier molecular flexibility index (Phi) is 4.31. The van der Waals surface area contributed by atoms with Gasteiger partial charge >= 0.3 is 0 Å². The second-order valence-corrected chi connectivity index (χ2v) is 7.75. The molecule has 3 aromatic rings. The highest BCUT2D eigenvalue weighted by Gasteiger charge is 2.25. The van der Waals surface area contributed by atoms with Crippen LogP contribution in [0, 0.1) is 0 Å². The Morgan fingerprint density at radius 3 is 2.64 bits per heavy atom. The molecule has 2 aliphatic heterocycles. The minimum atomic E-state index is 0.0291. The van der Waals surface area contributed by atoms with Gasteiger partial charge in [-0.15, -0.1) is 0 Å². The van der Waals surface area contributed by atoms with Crippen molar-refractivity contribution in [1.82, 2.24) is 9.88 Å². The lowest BCUT2D eigenvalue weighted by Gasteiger charge is -2.36. The minimum Gasteiger partial charge on any atom is -0.454 e. The molecule has 142 valence electrons. The third-order valence-corrected chi connectivity index (χ3v) is 5.70. The molecule has 0 unspecified atom stereocenters. The number of hydrogen-bond donors (Lipinski definition) is 0. The van der Waals surface area contributed by atoms with E-state index in [9.17, 15) is 4.79 Å².